The predicted octanol–water partition coefficient (Wildman–Crippen LogP) is 4.00. The van der Waals surface area contributed by atoms with Crippen molar-refractivity contribution in [3.05, 3.63) is 53.6 Å². The van der Waals surface area contributed by atoms with Gasteiger partial charge in [-0.05, 0) is 24.5 Å². The first-order valence-corrected chi connectivity index (χ1v) is 9.78. The van der Waals surface area contributed by atoms with Gasteiger partial charge >= 0.3 is 0 Å². The second-order valence-electron chi connectivity index (χ2n) is 6.82. The Morgan fingerprint density at radius 3 is 2.69 bits per heavy atom. The third-order valence-electron chi connectivity index (χ3n) is 4.54. The summed E-state index contributed by atoms with van der Waals surface area (Å²) in [6, 6.07) is 8.48. The third kappa shape index (κ3) is 7.30. The van der Waals surface area contributed by atoms with Crippen molar-refractivity contribution in [2.45, 2.75) is 65.5 Å². The van der Waals surface area contributed by atoms with Crippen molar-refractivity contribution in [1.82, 2.24) is 14.9 Å². The van der Waals surface area contributed by atoms with Crippen LogP contribution in [0.5, 0.6) is 0 Å². The van der Waals surface area contributed by atoms with Crippen LogP contribution >= 0.6 is 0 Å². The predicted molar refractivity (Wildman–Crippen MR) is 109 cm³/mol. The van der Waals surface area contributed by atoms with Crippen LogP contribution in [-0.2, 0) is 13.1 Å². The number of aromatic nitrogens is 2. The van der Waals surface area contributed by atoms with Crippen molar-refractivity contribution in [3.8, 4) is 0 Å². The van der Waals surface area contributed by atoms with Gasteiger partial charge in [0, 0.05) is 25.5 Å². The lowest BCUT2D eigenvalue weighted by molar-refractivity contribution is 0.601. The number of nitrogens with two attached hydrogens (primary N) is 1. The zero-order valence-corrected chi connectivity index (χ0v) is 16.2. The molecule has 0 saturated carbocycles. The molecule has 2 rings (SSSR count). The van der Waals surface area contributed by atoms with E-state index >= 15 is 0 Å². The Kier molecular flexibility index (Phi) is 8.73. The highest BCUT2D eigenvalue weighted by atomic mass is 15.1. The van der Waals surface area contributed by atoms with E-state index < -0.39 is 0 Å². The second kappa shape index (κ2) is 11.3. The van der Waals surface area contributed by atoms with Crippen LogP contribution in [0.2, 0.25) is 0 Å². The van der Waals surface area contributed by atoms with E-state index in [2.05, 4.69) is 51.0 Å². The van der Waals surface area contributed by atoms with E-state index in [1.807, 2.05) is 19.3 Å². The van der Waals surface area contributed by atoms with Crippen LogP contribution < -0.4 is 11.1 Å². The summed E-state index contributed by atoms with van der Waals surface area (Å²) in [7, 11) is 0. The first kappa shape index (κ1) is 20.0. The lowest BCUT2D eigenvalue weighted by Gasteiger charge is -2.08. The van der Waals surface area contributed by atoms with Gasteiger partial charge < -0.3 is 15.6 Å². The molecule has 5 nitrogen and oxygen atoms in total. The maximum absolute atomic E-state index is 5.98. The maximum Gasteiger partial charge on any atom is 0.188 e. The highest BCUT2D eigenvalue weighted by Crippen LogP contribution is 2.10. The van der Waals surface area contributed by atoms with E-state index in [1.54, 1.807) is 0 Å². The van der Waals surface area contributed by atoms with Crippen LogP contribution in [0.3, 0.4) is 0 Å². The monoisotopic (exact) mass is 355 g/mol. The minimum absolute atomic E-state index is 0.536. The smallest absolute Gasteiger partial charge is 0.188 e. The fourth-order valence-corrected chi connectivity index (χ4v) is 2.95. The van der Waals surface area contributed by atoms with Crippen molar-refractivity contribution in [3.63, 3.8) is 0 Å². The summed E-state index contributed by atoms with van der Waals surface area (Å²) in [5.41, 5.74) is 8.40. The Hall–Kier alpha value is -2.30. The van der Waals surface area contributed by atoms with Gasteiger partial charge in [0.1, 0.15) is 5.82 Å². The van der Waals surface area contributed by atoms with Crippen LogP contribution in [0, 0.1) is 6.92 Å². The molecule has 26 heavy (non-hydrogen) atoms. The van der Waals surface area contributed by atoms with Crippen molar-refractivity contribution in [1.29, 1.82) is 0 Å². The highest BCUT2D eigenvalue weighted by molar-refractivity contribution is 5.77. The minimum atomic E-state index is 0.536. The van der Waals surface area contributed by atoms with Crippen molar-refractivity contribution < 1.29 is 0 Å². The van der Waals surface area contributed by atoms with Gasteiger partial charge in [-0.2, -0.15) is 0 Å². The molecule has 1 aromatic heterocycles. The summed E-state index contributed by atoms with van der Waals surface area (Å²) in [6.07, 6.45) is 11.5. The van der Waals surface area contributed by atoms with E-state index in [9.17, 15) is 0 Å². The second-order valence-corrected chi connectivity index (χ2v) is 6.82. The summed E-state index contributed by atoms with van der Waals surface area (Å²) in [6.45, 7) is 6.60. The first-order valence-electron chi connectivity index (χ1n) is 9.78. The van der Waals surface area contributed by atoms with E-state index in [4.69, 9.17) is 5.73 Å². The molecular weight excluding hydrogens is 322 g/mol. The first-order chi connectivity index (χ1) is 12.7. The molecule has 0 unspecified atom stereocenters. The number of aliphatic imine (C=N–C) groups is 1. The van der Waals surface area contributed by atoms with Gasteiger partial charge in [-0.1, -0.05) is 63.3 Å². The Balaban J connectivity index is 1.73. The van der Waals surface area contributed by atoms with Gasteiger partial charge in [0.2, 0.25) is 0 Å². The molecule has 5 heteroatoms. The number of benzene rings is 1. The SMILES string of the molecule is CCCCCCCCNC(N)=NCc1cccc(Cn2ccnc2C)c1. The number of nitrogens with zero attached hydrogens (tertiary/aromatic N) is 3. The number of hydrogen-bond donors (Lipinski definition) is 2. The minimum Gasteiger partial charge on any atom is -0.370 e. The topological polar surface area (TPSA) is 68.2 Å². The van der Waals surface area contributed by atoms with Crippen LogP contribution in [0.4, 0.5) is 0 Å². The van der Waals surface area contributed by atoms with Gasteiger partial charge in [-0.15, -0.1) is 0 Å². The summed E-state index contributed by atoms with van der Waals surface area (Å²) in [5, 5.41) is 3.22. The summed E-state index contributed by atoms with van der Waals surface area (Å²) in [5.74, 6) is 1.56. The summed E-state index contributed by atoms with van der Waals surface area (Å²) >= 11 is 0. The molecule has 0 saturated heterocycles. The molecule has 0 bridgehead atoms. The number of imidazole rings is 1. The van der Waals surface area contributed by atoms with E-state index in [0.29, 0.717) is 12.5 Å². The standard InChI is InChI=1S/C21H33N5/c1-3-4-5-6-7-8-12-24-21(22)25-16-19-10-9-11-20(15-19)17-26-14-13-23-18(26)2/h9-11,13-15H,3-8,12,16-17H2,1-2H3,(H3,22,24,25). The summed E-state index contributed by atoms with van der Waals surface area (Å²) in [4.78, 5) is 8.73. The molecule has 142 valence electrons. The number of aryl methyl sites for hydroxylation is 1. The van der Waals surface area contributed by atoms with E-state index in [-0.39, 0.29) is 0 Å². The fraction of sp³-hybridized carbons (Fsp3) is 0.524. The van der Waals surface area contributed by atoms with Crippen molar-refractivity contribution in [2.75, 3.05) is 6.54 Å². The average Bonchev–Trinajstić information content (AvgIpc) is 3.04. The highest BCUT2D eigenvalue weighted by Gasteiger charge is 2.01. The van der Waals surface area contributed by atoms with Gasteiger partial charge in [0.15, 0.2) is 5.96 Å². The molecule has 0 aliphatic rings. The van der Waals surface area contributed by atoms with Crippen LogP contribution in [-0.4, -0.2) is 22.1 Å². The molecule has 0 fully saturated rings. The number of guanidine groups is 1. The lowest BCUT2D eigenvalue weighted by atomic mass is 10.1. The molecular formula is C21H33N5. The fourth-order valence-electron chi connectivity index (χ4n) is 2.95. The maximum atomic E-state index is 5.98. The van der Waals surface area contributed by atoms with Crippen LogP contribution in [0.1, 0.15) is 62.4 Å². The van der Waals surface area contributed by atoms with Crippen LogP contribution in [0.25, 0.3) is 0 Å². The largest absolute Gasteiger partial charge is 0.370 e. The number of rotatable bonds is 11. The molecule has 0 aliphatic heterocycles. The molecule has 3 N–H and O–H groups in total. The Bertz CT molecular complexity index is 675. The number of unbranched alkanes of at least 4 members (excludes halogenated alkanes) is 5. The third-order valence-corrected chi connectivity index (χ3v) is 4.54. The zero-order valence-electron chi connectivity index (χ0n) is 16.2. The normalized spacial score (nSPS) is 11.7. The van der Waals surface area contributed by atoms with Crippen molar-refractivity contribution >= 4 is 5.96 Å². The molecule has 1 aromatic carbocycles. The van der Waals surface area contributed by atoms with E-state index in [1.165, 1.54) is 43.2 Å². The zero-order chi connectivity index (χ0) is 18.6. The molecule has 0 radical (unpaired) electrons. The van der Waals surface area contributed by atoms with E-state index in [0.717, 1.165) is 25.3 Å². The molecule has 0 amide bonds. The Labute approximate surface area is 157 Å². The molecule has 2 aromatic rings. The average molecular weight is 356 g/mol. The lowest BCUT2D eigenvalue weighted by Crippen LogP contribution is -2.32. The van der Waals surface area contributed by atoms with Gasteiger partial charge in [-0.25, -0.2) is 9.98 Å². The van der Waals surface area contributed by atoms with Gasteiger partial charge in [-0.3, -0.25) is 0 Å². The molecule has 1 heterocycles. The quantitative estimate of drug-likeness (QED) is 0.364. The Morgan fingerprint density at radius 2 is 1.92 bits per heavy atom. The molecule has 0 aliphatic carbocycles. The molecule has 0 atom stereocenters. The number of nitrogens with one attached hydrogen (secondary N) is 1. The summed E-state index contributed by atoms with van der Waals surface area (Å²) < 4.78 is 2.14. The number of hydrogen-bond acceptors (Lipinski definition) is 2. The van der Waals surface area contributed by atoms with Crippen molar-refractivity contribution in [2.24, 2.45) is 10.7 Å². The Morgan fingerprint density at radius 1 is 1.15 bits per heavy atom. The molecule has 0 spiro atoms. The van der Waals surface area contributed by atoms with Crippen LogP contribution in [0.15, 0.2) is 41.7 Å². The van der Waals surface area contributed by atoms with Gasteiger partial charge in [0.05, 0.1) is 6.54 Å². The van der Waals surface area contributed by atoms with Gasteiger partial charge in [0.25, 0.3) is 0 Å².